The van der Waals surface area contributed by atoms with Gasteiger partial charge < -0.3 is 19.7 Å². The van der Waals surface area contributed by atoms with Gasteiger partial charge in [-0.15, -0.1) is 0 Å². The number of carbonyl (C=O) groups is 2. The molecule has 0 radical (unpaired) electrons. The zero-order valence-corrected chi connectivity index (χ0v) is 10.5. The summed E-state index contributed by atoms with van der Waals surface area (Å²) in [6.07, 6.45) is 3.04. The Bertz CT molecular complexity index is 367. The third-order valence-corrected chi connectivity index (χ3v) is 3.04. The standard InChI is InChI=1S/C12H18N2O4/c1-13-11(15)10-8-14(5-7-18-10)12(16)9-4-2-3-6-17-9/h4,10H,2-3,5-8H2,1H3,(H,13,15). The molecule has 0 aliphatic carbocycles. The van der Waals surface area contributed by atoms with Gasteiger partial charge in [0.15, 0.2) is 11.9 Å². The van der Waals surface area contributed by atoms with Crippen LogP contribution in [0, 0.1) is 0 Å². The van der Waals surface area contributed by atoms with Crippen LogP contribution in [0.15, 0.2) is 11.8 Å². The number of morpholine rings is 1. The van der Waals surface area contributed by atoms with E-state index in [0.29, 0.717) is 25.5 Å². The van der Waals surface area contributed by atoms with Gasteiger partial charge in [0.25, 0.3) is 11.8 Å². The van der Waals surface area contributed by atoms with Gasteiger partial charge in [0.1, 0.15) is 0 Å². The van der Waals surface area contributed by atoms with Crippen molar-refractivity contribution in [1.29, 1.82) is 0 Å². The van der Waals surface area contributed by atoms with E-state index in [0.717, 1.165) is 12.8 Å². The van der Waals surface area contributed by atoms with Gasteiger partial charge in [-0.3, -0.25) is 9.59 Å². The van der Waals surface area contributed by atoms with Crippen molar-refractivity contribution in [2.75, 3.05) is 33.4 Å². The molecule has 100 valence electrons. The van der Waals surface area contributed by atoms with Crippen LogP contribution >= 0.6 is 0 Å². The van der Waals surface area contributed by atoms with Crippen molar-refractivity contribution in [3.05, 3.63) is 11.8 Å². The van der Waals surface area contributed by atoms with Crippen LogP contribution in [0.5, 0.6) is 0 Å². The summed E-state index contributed by atoms with van der Waals surface area (Å²) in [5.74, 6) is 0.0525. The molecule has 0 aromatic carbocycles. The number of nitrogens with zero attached hydrogens (tertiary/aromatic N) is 1. The van der Waals surface area contributed by atoms with Gasteiger partial charge in [-0.2, -0.15) is 0 Å². The zero-order chi connectivity index (χ0) is 13.0. The highest BCUT2D eigenvalue weighted by atomic mass is 16.5. The summed E-state index contributed by atoms with van der Waals surface area (Å²) in [6.45, 7) is 1.73. The van der Waals surface area contributed by atoms with E-state index in [4.69, 9.17) is 9.47 Å². The Hall–Kier alpha value is -1.56. The Labute approximate surface area is 106 Å². The quantitative estimate of drug-likeness (QED) is 0.731. The molecule has 1 unspecified atom stereocenters. The van der Waals surface area contributed by atoms with Crippen LogP contribution < -0.4 is 5.32 Å². The molecule has 2 rings (SSSR count). The number of likely N-dealkylation sites (N-methyl/N-ethyl adjacent to an activating group) is 1. The first-order chi connectivity index (χ1) is 8.72. The predicted molar refractivity (Wildman–Crippen MR) is 63.7 cm³/mol. The molecule has 6 heteroatoms. The normalized spacial score (nSPS) is 23.9. The van der Waals surface area contributed by atoms with E-state index >= 15 is 0 Å². The average Bonchev–Trinajstić information content (AvgIpc) is 2.46. The van der Waals surface area contributed by atoms with E-state index in [1.165, 1.54) is 0 Å². The largest absolute Gasteiger partial charge is 0.488 e. The maximum atomic E-state index is 12.2. The van der Waals surface area contributed by atoms with E-state index in [1.807, 2.05) is 6.08 Å². The summed E-state index contributed by atoms with van der Waals surface area (Å²) in [6, 6.07) is 0. The Balaban J connectivity index is 1.97. The van der Waals surface area contributed by atoms with Crippen molar-refractivity contribution in [3.63, 3.8) is 0 Å². The van der Waals surface area contributed by atoms with E-state index < -0.39 is 6.10 Å². The number of allylic oxidation sites excluding steroid dienone is 1. The maximum absolute atomic E-state index is 12.2. The fourth-order valence-electron chi connectivity index (χ4n) is 2.02. The number of ether oxygens (including phenoxy) is 2. The predicted octanol–water partition coefficient (Wildman–Crippen LogP) is -0.346. The fourth-order valence-corrected chi connectivity index (χ4v) is 2.02. The van der Waals surface area contributed by atoms with Crippen LogP contribution in [-0.4, -0.2) is 56.2 Å². The van der Waals surface area contributed by atoms with E-state index in [1.54, 1.807) is 11.9 Å². The summed E-state index contributed by atoms with van der Waals surface area (Å²) < 4.78 is 10.7. The van der Waals surface area contributed by atoms with Crippen molar-refractivity contribution in [1.82, 2.24) is 10.2 Å². The molecular weight excluding hydrogens is 236 g/mol. The minimum absolute atomic E-state index is 0.146. The number of amides is 2. The summed E-state index contributed by atoms with van der Waals surface area (Å²) in [5.41, 5.74) is 0. The Morgan fingerprint density at radius 1 is 1.44 bits per heavy atom. The van der Waals surface area contributed by atoms with Crippen LogP contribution in [0.25, 0.3) is 0 Å². The zero-order valence-electron chi connectivity index (χ0n) is 10.5. The van der Waals surface area contributed by atoms with Crippen LogP contribution in [0.2, 0.25) is 0 Å². The van der Waals surface area contributed by atoms with Crippen LogP contribution in [-0.2, 0) is 19.1 Å². The molecule has 1 fully saturated rings. The number of nitrogens with one attached hydrogen (secondary N) is 1. The second kappa shape index (κ2) is 5.86. The molecule has 2 aliphatic heterocycles. The van der Waals surface area contributed by atoms with Gasteiger partial charge >= 0.3 is 0 Å². The molecule has 0 bridgehead atoms. The summed E-state index contributed by atoms with van der Waals surface area (Å²) >= 11 is 0. The summed E-state index contributed by atoms with van der Waals surface area (Å²) in [5, 5.41) is 2.53. The third kappa shape index (κ3) is 2.81. The first kappa shape index (κ1) is 12.9. The van der Waals surface area contributed by atoms with Gasteiger partial charge in [-0.05, 0) is 18.9 Å². The van der Waals surface area contributed by atoms with Gasteiger partial charge in [-0.25, -0.2) is 0 Å². The lowest BCUT2D eigenvalue weighted by molar-refractivity contribution is -0.146. The van der Waals surface area contributed by atoms with E-state index in [2.05, 4.69) is 5.32 Å². The molecule has 1 atom stereocenters. The molecule has 2 heterocycles. The topological polar surface area (TPSA) is 67.9 Å². The molecule has 0 saturated carbocycles. The molecule has 2 aliphatic rings. The molecule has 1 saturated heterocycles. The molecule has 18 heavy (non-hydrogen) atoms. The highest BCUT2D eigenvalue weighted by molar-refractivity contribution is 5.92. The third-order valence-electron chi connectivity index (χ3n) is 3.04. The van der Waals surface area contributed by atoms with Crippen molar-refractivity contribution in [2.45, 2.75) is 18.9 Å². The maximum Gasteiger partial charge on any atom is 0.288 e. The van der Waals surface area contributed by atoms with Gasteiger partial charge in [0.2, 0.25) is 0 Å². The van der Waals surface area contributed by atoms with Crippen molar-refractivity contribution in [3.8, 4) is 0 Å². The molecular formula is C12H18N2O4. The Morgan fingerprint density at radius 2 is 2.28 bits per heavy atom. The second-order valence-corrected chi connectivity index (χ2v) is 4.28. The van der Waals surface area contributed by atoms with Gasteiger partial charge in [0, 0.05) is 13.6 Å². The second-order valence-electron chi connectivity index (χ2n) is 4.28. The minimum Gasteiger partial charge on any atom is -0.488 e. The Kier molecular flexibility index (Phi) is 4.19. The smallest absolute Gasteiger partial charge is 0.288 e. The molecule has 6 nitrogen and oxygen atoms in total. The first-order valence-electron chi connectivity index (χ1n) is 6.18. The highest BCUT2D eigenvalue weighted by Gasteiger charge is 2.30. The Morgan fingerprint density at radius 3 is 2.94 bits per heavy atom. The lowest BCUT2D eigenvalue weighted by Gasteiger charge is -2.32. The van der Waals surface area contributed by atoms with E-state index in [-0.39, 0.29) is 18.4 Å². The number of carbonyl (C=O) groups excluding carboxylic acids is 2. The van der Waals surface area contributed by atoms with Crippen molar-refractivity contribution >= 4 is 11.8 Å². The fraction of sp³-hybridized carbons (Fsp3) is 0.667. The van der Waals surface area contributed by atoms with Crippen molar-refractivity contribution < 1.29 is 19.1 Å². The molecule has 1 N–H and O–H groups in total. The first-order valence-corrected chi connectivity index (χ1v) is 6.18. The van der Waals surface area contributed by atoms with Crippen molar-refractivity contribution in [2.24, 2.45) is 0 Å². The highest BCUT2D eigenvalue weighted by Crippen LogP contribution is 2.15. The molecule has 0 aromatic rings. The number of rotatable bonds is 2. The van der Waals surface area contributed by atoms with E-state index in [9.17, 15) is 9.59 Å². The minimum atomic E-state index is -0.586. The van der Waals surface area contributed by atoms with Crippen LogP contribution in [0.1, 0.15) is 12.8 Å². The number of hydrogen-bond acceptors (Lipinski definition) is 4. The lowest BCUT2D eigenvalue weighted by atomic mass is 10.2. The summed E-state index contributed by atoms with van der Waals surface area (Å²) in [4.78, 5) is 25.3. The number of hydrogen-bond donors (Lipinski definition) is 1. The van der Waals surface area contributed by atoms with Gasteiger partial charge in [0.05, 0.1) is 19.8 Å². The van der Waals surface area contributed by atoms with Gasteiger partial charge in [-0.1, -0.05) is 0 Å². The van der Waals surface area contributed by atoms with Crippen LogP contribution in [0.4, 0.5) is 0 Å². The lowest BCUT2D eigenvalue weighted by Crippen LogP contribution is -2.51. The summed E-state index contributed by atoms with van der Waals surface area (Å²) in [7, 11) is 1.55. The monoisotopic (exact) mass is 254 g/mol. The van der Waals surface area contributed by atoms with Crippen LogP contribution in [0.3, 0.4) is 0 Å². The molecule has 0 spiro atoms. The molecule has 0 aromatic heterocycles. The molecule has 2 amide bonds. The average molecular weight is 254 g/mol. The SMILES string of the molecule is CNC(=O)C1CN(C(=O)C2=CCCCO2)CCO1.